The number of alkyl halides is 1. The molecule has 70 valence electrons. The van der Waals surface area contributed by atoms with Crippen molar-refractivity contribution in [2.75, 3.05) is 11.0 Å². The van der Waals surface area contributed by atoms with Crippen molar-refractivity contribution in [2.45, 2.75) is 0 Å². The van der Waals surface area contributed by atoms with E-state index in [1.54, 1.807) is 24.3 Å². The third-order valence-electron chi connectivity index (χ3n) is 1.50. The fourth-order valence-electron chi connectivity index (χ4n) is 0.901. The van der Waals surface area contributed by atoms with Gasteiger partial charge in [-0.05, 0) is 12.1 Å². The molecule has 0 unspecified atom stereocenters. The summed E-state index contributed by atoms with van der Waals surface area (Å²) in [5, 5.41) is 3.25. The fourth-order valence-corrected chi connectivity index (χ4v) is 1.39. The highest BCUT2D eigenvalue weighted by atomic mass is 127. The zero-order chi connectivity index (χ0) is 9.68. The van der Waals surface area contributed by atoms with Crippen molar-refractivity contribution < 1.29 is 4.79 Å². The first-order valence-corrected chi connectivity index (χ1v) is 5.74. The summed E-state index contributed by atoms with van der Waals surface area (Å²) in [7, 11) is 0. The van der Waals surface area contributed by atoms with Gasteiger partial charge in [0, 0.05) is 11.0 Å². The van der Waals surface area contributed by atoms with E-state index in [9.17, 15) is 4.79 Å². The van der Waals surface area contributed by atoms with Gasteiger partial charge in [0.2, 0.25) is 0 Å². The van der Waals surface area contributed by atoms with Gasteiger partial charge in [-0.3, -0.25) is 4.79 Å². The van der Waals surface area contributed by atoms with Crippen molar-refractivity contribution in [3.63, 3.8) is 0 Å². The van der Waals surface area contributed by atoms with E-state index >= 15 is 0 Å². The molecule has 1 aromatic carbocycles. The lowest BCUT2D eigenvalue weighted by Gasteiger charge is -2.03. The summed E-state index contributed by atoms with van der Waals surface area (Å²) in [6.07, 6.45) is 0. The SMILES string of the molecule is O=C(NCCI)c1ccccc1Cl. The van der Waals surface area contributed by atoms with Gasteiger partial charge < -0.3 is 5.32 Å². The molecule has 0 aliphatic rings. The van der Waals surface area contributed by atoms with E-state index in [4.69, 9.17) is 11.6 Å². The average molecular weight is 310 g/mol. The van der Waals surface area contributed by atoms with E-state index in [0.29, 0.717) is 17.1 Å². The monoisotopic (exact) mass is 309 g/mol. The van der Waals surface area contributed by atoms with E-state index < -0.39 is 0 Å². The minimum absolute atomic E-state index is 0.109. The topological polar surface area (TPSA) is 29.1 Å². The molecule has 0 spiro atoms. The zero-order valence-electron chi connectivity index (χ0n) is 6.89. The van der Waals surface area contributed by atoms with Crippen LogP contribution in [0.15, 0.2) is 24.3 Å². The number of halogens is 2. The van der Waals surface area contributed by atoms with E-state index in [-0.39, 0.29) is 5.91 Å². The molecule has 0 heterocycles. The largest absolute Gasteiger partial charge is 0.351 e. The van der Waals surface area contributed by atoms with E-state index in [2.05, 4.69) is 27.9 Å². The van der Waals surface area contributed by atoms with Gasteiger partial charge in [0.25, 0.3) is 5.91 Å². The Kier molecular flexibility index (Phi) is 4.52. The van der Waals surface area contributed by atoms with Crippen LogP contribution in [0.2, 0.25) is 5.02 Å². The molecule has 1 aromatic rings. The third-order valence-corrected chi connectivity index (χ3v) is 2.37. The molecule has 0 radical (unpaired) electrons. The molecule has 0 aliphatic carbocycles. The minimum atomic E-state index is -0.109. The predicted octanol–water partition coefficient (Wildman–Crippen LogP) is 2.50. The summed E-state index contributed by atoms with van der Waals surface area (Å²) in [4.78, 5) is 11.4. The first kappa shape index (κ1) is 10.8. The number of hydrogen-bond donors (Lipinski definition) is 1. The minimum Gasteiger partial charge on any atom is -0.351 e. The van der Waals surface area contributed by atoms with Crippen LogP contribution in [-0.2, 0) is 0 Å². The third kappa shape index (κ3) is 3.15. The lowest BCUT2D eigenvalue weighted by atomic mass is 10.2. The molecule has 1 N–H and O–H groups in total. The molecule has 0 atom stereocenters. The molecular weight excluding hydrogens is 300 g/mol. The van der Waals surface area contributed by atoms with Gasteiger partial charge in [0.1, 0.15) is 0 Å². The fraction of sp³-hybridized carbons (Fsp3) is 0.222. The highest BCUT2D eigenvalue weighted by Crippen LogP contribution is 2.14. The van der Waals surface area contributed by atoms with Crippen LogP contribution in [0.4, 0.5) is 0 Å². The van der Waals surface area contributed by atoms with Gasteiger partial charge >= 0.3 is 0 Å². The second kappa shape index (κ2) is 5.44. The van der Waals surface area contributed by atoms with Crippen LogP contribution in [0, 0.1) is 0 Å². The molecule has 0 saturated carbocycles. The van der Waals surface area contributed by atoms with Gasteiger partial charge in [-0.25, -0.2) is 0 Å². The van der Waals surface area contributed by atoms with E-state index in [1.165, 1.54) is 0 Å². The molecule has 1 amide bonds. The summed E-state index contributed by atoms with van der Waals surface area (Å²) < 4.78 is 0.897. The number of benzene rings is 1. The van der Waals surface area contributed by atoms with Crippen LogP contribution in [0.3, 0.4) is 0 Å². The lowest BCUT2D eigenvalue weighted by Crippen LogP contribution is -2.25. The first-order chi connectivity index (χ1) is 6.25. The van der Waals surface area contributed by atoms with E-state index in [1.807, 2.05) is 0 Å². The normalized spacial score (nSPS) is 9.69. The quantitative estimate of drug-likeness (QED) is 0.674. The van der Waals surface area contributed by atoms with Gasteiger partial charge in [-0.1, -0.05) is 46.3 Å². The number of nitrogens with one attached hydrogen (secondary N) is 1. The molecule has 0 aliphatic heterocycles. The Bertz CT molecular complexity index is 303. The Balaban J connectivity index is 2.71. The molecule has 1 rings (SSSR count). The van der Waals surface area contributed by atoms with Crippen molar-refractivity contribution in [1.29, 1.82) is 0 Å². The first-order valence-electron chi connectivity index (χ1n) is 3.84. The van der Waals surface area contributed by atoms with Crippen LogP contribution in [0.25, 0.3) is 0 Å². The van der Waals surface area contributed by atoms with Crippen LogP contribution in [-0.4, -0.2) is 16.9 Å². The maximum atomic E-state index is 11.4. The molecule has 0 saturated heterocycles. The van der Waals surface area contributed by atoms with Gasteiger partial charge in [-0.2, -0.15) is 0 Å². The molecular formula is C9H9ClINO. The Hall–Kier alpha value is -0.290. The van der Waals surface area contributed by atoms with Crippen molar-refractivity contribution in [3.05, 3.63) is 34.9 Å². The Labute approximate surface area is 95.8 Å². The van der Waals surface area contributed by atoms with Crippen LogP contribution >= 0.6 is 34.2 Å². The molecule has 0 bridgehead atoms. The second-order valence-electron chi connectivity index (χ2n) is 2.42. The molecule has 0 fully saturated rings. The van der Waals surface area contributed by atoms with Gasteiger partial charge in [-0.15, -0.1) is 0 Å². The van der Waals surface area contributed by atoms with Gasteiger partial charge in [0.05, 0.1) is 10.6 Å². The van der Waals surface area contributed by atoms with Crippen molar-refractivity contribution in [1.82, 2.24) is 5.32 Å². The highest BCUT2D eigenvalue weighted by molar-refractivity contribution is 14.1. The highest BCUT2D eigenvalue weighted by Gasteiger charge is 2.07. The number of carbonyl (C=O) groups is 1. The van der Waals surface area contributed by atoms with E-state index in [0.717, 1.165) is 4.43 Å². The summed E-state index contributed by atoms with van der Waals surface area (Å²) in [5.74, 6) is -0.109. The smallest absolute Gasteiger partial charge is 0.252 e. The maximum absolute atomic E-state index is 11.4. The molecule has 13 heavy (non-hydrogen) atoms. The summed E-state index contributed by atoms with van der Waals surface area (Å²) in [6, 6.07) is 7.02. The standard InChI is InChI=1S/C9H9ClINO/c10-8-4-2-1-3-7(8)9(13)12-6-5-11/h1-4H,5-6H2,(H,12,13). The van der Waals surface area contributed by atoms with Crippen molar-refractivity contribution in [2.24, 2.45) is 0 Å². The van der Waals surface area contributed by atoms with Crippen LogP contribution in [0.1, 0.15) is 10.4 Å². The molecule has 2 nitrogen and oxygen atoms in total. The number of carbonyl (C=O) groups excluding carboxylic acids is 1. The Morgan fingerprint density at radius 3 is 2.77 bits per heavy atom. The average Bonchev–Trinajstić information content (AvgIpc) is 2.15. The number of hydrogen-bond acceptors (Lipinski definition) is 1. The summed E-state index contributed by atoms with van der Waals surface area (Å²) in [6.45, 7) is 0.671. The summed E-state index contributed by atoms with van der Waals surface area (Å²) >= 11 is 8.04. The number of amides is 1. The summed E-state index contributed by atoms with van der Waals surface area (Å²) in [5.41, 5.74) is 0.536. The van der Waals surface area contributed by atoms with Crippen LogP contribution in [0.5, 0.6) is 0 Å². The van der Waals surface area contributed by atoms with Crippen molar-refractivity contribution in [3.8, 4) is 0 Å². The Morgan fingerprint density at radius 1 is 1.46 bits per heavy atom. The Morgan fingerprint density at radius 2 is 2.15 bits per heavy atom. The maximum Gasteiger partial charge on any atom is 0.252 e. The number of rotatable bonds is 3. The van der Waals surface area contributed by atoms with Crippen molar-refractivity contribution >= 4 is 40.1 Å². The lowest BCUT2D eigenvalue weighted by molar-refractivity contribution is 0.0956. The molecule has 4 heteroatoms. The second-order valence-corrected chi connectivity index (χ2v) is 3.91. The van der Waals surface area contributed by atoms with Gasteiger partial charge in [0.15, 0.2) is 0 Å². The predicted molar refractivity (Wildman–Crippen MR) is 62.7 cm³/mol. The zero-order valence-corrected chi connectivity index (χ0v) is 9.80. The van der Waals surface area contributed by atoms with Crippen LogP contribution < -0.4 is 5.32 Å². The molecule has 0 aromatic heterocycles.